The van der Waals surface area contributed by atoms with Crippen molar-refractivity contribution in [1.82, 2.24) is 10.2 Å². The van der Waals surface area contributed by atoms with Crippen molar-refractivity contribution in [1.29, 1.82) is 0 Å². The van der Waals surface area contributed by atoms with Gasteiger partial charge < -0.3 is 15.0 Å². The van der Waals surface area contributed by atoms with Gasteiger partial charge in [-0.3, -0.25) is 9.59 Å². The van der Waals surface area contributed by atoms with E-state index in [1.54, 1.807) is 0 Å². The highest BCUT2D eigenvalue weighted by Crippen LogP contribution is 2.16. The van der Waals surface area contributed by atoms with Gasteiger partial charge in [0.2, 0.25) is 11.8 Å². The largest absolute Gasteiger partial charge is 0.378 e. The Morgan fingerprint density at radius 3 is 2.58 bits per heavy atom. The smallest absolute Gasteiger partial charge is 0.245 e. The number of carbonyl (C=O) groups is 2. The summed E-state index contributed by atoms with van der Waals surface area (Å²) < 4.78 is 5.53. The van der Waals surface area contributed by atoms with Gasteiger partial charge in [0.25, 0.3) is 0 Å². The van der Waals surface area contributed by atoms with Crippen LogP contribution in [-0.4, -0.2) is 48.6 Å². The topological polar surface area (TPSA) is 58.6 Å². The molecule has 5 heteroatoms. The average molecular weight is 330 g/mol. The molecule has 0 aromatic heterocycles. The number of carbonyl (C=O) groups excluding carboxylic acids is 2. The number of rotatable bonds is 6. The number of ether oxygens (including phenoxy) is 1. The Morgan fingerprint density at radius 1 is 1.17 bits per heavy atom. The van der Waals surface area contributed by atoms with Crippen LogP contribution in [0.15, 0.2) is 30.3 Å². The van der Waals surface area contributed by atoms with Gasteiger partial charge in [0.05, 0.1) is 12.5 Å². The molecule has 0 radical (unpaired) electrons. The van der Waals surface area contributed by atoms with Crippen molar-refractivity contribution < 1.29 is 14.3 Å². The van der Waals surface area contributed by atoms with Crippen LogP contribution in [-0.2, 0) is 20.7 Å². The average Bonchev–Trinajstić information content (AvgIpc) is 3.28. The Morgan fingerprint density at radius 2 is 1.92 bits per heavy atom. The maximum absolute atomic E-state index is 12.8. The van der Waals surface area contributed by atoms with Gasteiger partial charge in [-0.15, -0.1) is 0 Å². The van der Waals surface area contributed by atoms with Gasteiger partial charge in [-0.25, -0.2) is 0 Å². The molecule has 2 atom stereocenters. The van der Waals surface area contributed by atoms with Crippen LogP contribution in [0.3, 0.4) is 0 Å². The van der Waals surface area contributed by atoms with Crippen LogP contribution in [0.5, 0.6) is 0 Å². The summed E-state index contributed by atoms with van der Waals surface area (Å²) in [7, 11) is 0. The van der Waals surface area contributed by atoms with Crippen molar-refractivity contribution in [2.45, 2.75) is 50.7 Å². The minimum Gasteiger partial charge on any atom is -0.378 e. The van der Waals surface area contributed by atoms with Crippen LogP contribution in [0.1, 0.15) is 37.7 Å². The molecule has 130 valence electrons. The number of likely N-dealkylation sites (tertiary alicyclic amines) is 1. The Balaban J connectivity index is 1.63. The van der Waals surface area contributed by atoms with Gasteiger partial charge >= 0.3 is 0 Å². The van der Waals surface area contributed by atoms with Gasteiger partial charge in [0.1, 0.15) is 6.04 Å². The second-order valence-electron chi connectivity index (χ2n) is 6.68. The maximum Gasteiger partial charge on any atom is 0.245 e. The first kappa shape index (κ1) is 17.0. The first-order valence-corrected chi connectivity index (χ1v) is 8.96. The van der Waals surface area contributed by atoms with Crippen LogP contribution < -0.4 is 5.32 Å². The molecule has 2 amide bonds. The molecule has 0 unspecified atom stereocenters. The Bertz CT molecular complexity index is 549. The molecule has 0 bridgehead atoms. The molecule has 2 fully saturated rings. The number of nitrogens with one attached hydrogen (secondary N) is 1. The van der Waals surface area contributed by atoms with Crippen molar-refractivity contribution >= 4 is 11.8 Å². The summed E-state index contributed by atoms with van der Waals surface area (Å²) in [6.45, 7) is 2.33. The monoisotopic (exact) mass is 330 g/mol. The zero-order valence-corrected chi connectivity index (χ0v) is 14.1. The number of hydrogen-bond donors (Lipinski definition) is 1. The third-order valence-corrected chi connectivity index (χ3v) is 4.77. The number of hydrogen-bond acceptors (Lipinski definition) is 3. The third kappa shape index (κ3) is 4.57. The third-order valence-electron chi connectivity index (χ3n) is 4.77. The van der Waals surface area contributed by atoms with Crippen LogP contribution in [0.25, 0.3) is 0 Å². The molecule has 2 heterocycles. The van der Waals surface area contributed by atoms with E-state index < -0.39 is 6.04 Å². The predicted molar refractivity (Wildman–Crippen MR) is 91.5 cm³/mol. The van der Waals surface area contributed by atoms with Crippen molar-refractivity contribution in [3.05, 3.63) is 35.9 Å². The zero-order valence-electron chi connectivity index (χ0n) is 14.1. The van der Waals surface area contributed by atoms with Gasteiger partial charge in [-0.1, -0.05) is 30.3 Å². The molecule has 24 heavy (non-hydrogen) atoms. The minimum atomic E-state index is -0.487. The fourth-order valence-corrected chi connectivity index (χ4v) is 3.47. The van der Waals surface area contributed by atoms with E-state index >= 15 is 0 Å². The summed E-state index contributed by atoms with van der Waals surface area (Å²) >= 11 is 0. The lowest BCUT2D eigenvalue weighted by Crippen LogP contribution is -2.49. The Kier molecular flexibility index (Phi) is 5.86. The SMILES string of the molecule is O=C(C[C@@H]1CCCO1)N[C@@H](Cc1ccccc1)C(=O)N1CCCC1. The summed E-state index contributed by atoms with van der Waals surface area (Å²) in [5.74, 6) is -0.0487. The lowest BCUT2D eigenvalue weighted by molar-refractivity contribution is -0.136. The molecule has 0 saturated carbocycles. The molecular formula is C19H26N2O3. The maximum atomic E-state index is 12.8. The number of amides is 2. The van der Waals surface area contributed by atoms with Crippen molar-refractivity contribution in [3.63, 3.8) is 0 Å². The van der Waals surface area contributed by atoms with E-state index in [1.807, 2.05) is 35.2 Å². The minimum absolute atomic E-state index is 0.00395. The quantitative estimate of drug-likeness (QED) is 0.867. The van der Waals surface area contributed by atoms with Crippen LogP contribution in [0, 0.1) is 0 Å². The molecule has 0 spiro atoms. The molecule has 1 N–H and O–H groups in total. The highest BCUT2D eigenvalue weighted by molar-refractivity contribution is 5.88. The van der Waals surface area contributed by atoms with E-state index in [1.165, 1.54) is 0 Å². The van der Waals surface area contributed by atoms with Crippen LogP contribution in [0.4, 0.5) is 0 Å². The van der Waals surface area contributed by atoms with Gasteiger partial charge in [0.15, 0.2) is 0 Å². The van der Waals surface area contributed by atoms with Crippen LogP contribution >= 0.6 is 0 Å². The molecule has 0 aliphatic carbocycles. The summed E-state index contributed by atoms with van der Waals surface area (Å²) in [6, 6.07) is 9.38. The van der Waals surface area contributed by atoms with E-state index in [-0.39, 0.29) is 17.9 Å². The molecular weight excluding hydrogens is 304 g/mol. The zero-order chi connectivity index (χ0) is 16.8. The fourth-order valence-electron chi connectivity index (χ4n) is 3.47. The number of benzene rings is 1. The summed E-state index contributed by atoms with van der Waals surface area (Å²) in [6.07, 6.45) is 4.92. The first-order valence-electron chi connectivity index (χ1n) is 8.96. The second kappa shape index (κ2) is 8.29. The highest BCUT2D eigenvalue weighted by Gasteiger charge is 2.29. The van der Waals surface area contributed by atoms with E-state index in [9.17, 15) is 9.59 Å². The predicted octanol–water partition coefficient (Wildman–Crippen LogP) is 1.91. The molecule has 2 aliphatic rings. The molecule has 1 aromatic carbocycles. The molecule has 3 rings (SSSR count). The normalized spacial score (nSPS) is 21.7. The number of nitrogens with zero attached hydrogens (tertiary/aromatic N) is 1. The lowest BCUT2D eigenvalue weighted by atomic mass is 10.0. The summed E-state index contributed by atoms with van der Waals surface area (Å²) in [5, 5.41) is 2.96. The van der Waals surface area contributed by atoms with Gasteiger partial charge in [-0.05, 0) is 31.2 Å². The van der Waals surface area contributed by atoms with Gasteiger partial charge in [0, 0.05) is 26.1 Å². The molecule has 1 aromatic rings. The van der Waals surface area contributed by atoms with E-state index in [4.69, 9.17) is 4.74 Å². The first-order chi connectivity index (χ1) is 11.7. The summed E-state index contributed by atoms with van der Waals surface area (Å²) in [4.78, 5) is 27.0. The Labute approximate surface area is 143 Å². The lowest BCUT2D eigenvalue weighted by Gasteiger charge is -2.24. The second-order valence-corrected chi connectivity index (χ2v) is 6.68. The highest BCUT2D eigenvalue weighted by atomic mass is 16.5. The summed E-state index contributed by atoms with van der Waals surface area (Å²) in [5.41, 5.74) is 1.06. The molecule has 2 saturated heterocycles. The van der Waals surface area contributed by atoms with E-state index in [0.717, 1.165) is 50.9 Å². The fraction of sp³-hybridized carbons (Fsp3) is 0.579. The standard InChI is InChI=1S/C19H26N2O3/c22-18(14-16-9-6-12-24-16)20-17(13-15-7-2-1-3-8-15)19(23)21-10-4-5-11-21/h1-3,7-8,16-17H,4-6,9-14H2,(H,20,22)/t16-,17-/m0/s1. The van der Waals surface area contributed by atoms with E-state index in [2.05, 4.69) is 5.32 Å². The molecule has 2 aliphatic heterocycles. The van der Waals surface area contributed by atoms with E-state index in [0.29, 0.717) is 12.8 Å². The van der Waals surface area contributed by atoms with Gasteiger partial charge in [-0.2, -0.15) is 0 Å². The van der Waals surface area contributed by atoms with Crippen molar-refractivity contribution in [2.24, 2.45) is 0 Å². The van der Waals surface area contributed by atoms with Crippen molar-refractivity contribution in [3.8, 4) is 0 Å². The molecule has 5 nitrogen and oxygen atoms in total. The van der Waals surface area contributed by atoms with Crippen LogP contribution in [0.2, 0.25) is 0 Å². The van der Waals surface area contributed by atoms with Crippen molar-refractivity contribution in [2.75, 3.05) is 19.7 Å². The Hall–Kier alpha value is -1.88.